The molecule has 0 aromatic heterocycles. The Balaban J connectivity index is 2.29. The molecule has 3 N–H and O–H groups in total. The van der Waals surface area contributed by atoms with E-state index in [1.165, 1.54) is 0 Å². The monoisotopic (exact) mass is 284 g/mol. The van der Waals surface area contributed by atoms with Crippen molar-refractivity contribution in [2.24, 2.45) is 0 Å². The van der Waals surface area contributed by atoms with Gasteiger partial charge in [0.2, 0.25) is 0 Å². The third-order valence-electron chi connectivity index (χ3n) is 3.25. The van der Waals surface area contributed by atoms with Gasteiger partial charge in [-0.2, -0.15) is 0 Å². The lowest BCUT2D eigenvalue weighted by atomic mass is 10.1. The summed E-state index contributed by atoms with van der Waals surface area (Å²) in [6, 6.07) is 11.1. The smallest absolute Gasteiger partial charge is 0.257 e. The number of ether oxygens (including phenoxy) is 1. The number of rotatable bonds is 4. The minimum absolute atomic E-state index is 0.235. The van der Waals surface area contributed by atoms with Crippen molar-refractivity contribution >= 4 is 17.3 Å². The zero-order chi connectivity index (χ0) is 15.4. The summed E-state index contributed by atoms with van der Waals surface area (Å²) in [5.74, 6) is 0.429. The van der Waals surface area contributed by atoms with Crippen LogP contribution in [-0.2, 0) is 0 Å². The summed E-state index contributed by atoms with van der Waals surface area (Å²) < 4.78 is 5.56. The van der Waals surface area contributed by atoms with Gasteiger partial charge in [0.1, 0.15) is 5.75 Å². The van der Waals surface area contributed by atoms with E-state index in [0.717, 1.165) is 11.1 Å². The summed E-state index contributed by atoms with van der Waals surface area (Å²) in [6.07, 6.45) is 0. The highest BCUT2D eigenvalue weighted by atomic mass is 16.5. The van der Waals surface area contributed by atoms with Gasteiger partial charge in [-0.15, -0.1) is 0 Å². The first kappa shape index (κ1) is 14.9. The van der Waals surface area contributed by atoms with E-state index in [4.69, 9.17) is 10.5 Å². The Labute approximate surface area is 124 Å². The lowest BCUT2D eigenvalue weighted by molar-refractivity contribution is 0.102. The number of anilines is 2. The zero-order valence-corrected chi connectivity index (χ0v) is 12.6. The zero-order valence-electron chi connectivity index (χ0n) is 12.6. The van der Waals surface area contributed by atoms with Gasteiger partial charge in [-0.25, -0.2) is 0 Å². The number of nitrogen functional groups attached to an aromatic ring is 1. The molecule has 0 bridgehead atoms. The topological polar surface area (TPSA) is 64.3 Å². The molecule has 0 saturated carbocycles. The molecule has 110 valence electrons. The van der Waals surface area contributed by atoms with Crippen LogP contribution >= 0.6 is 0 Å². The second kappa shape index (κ2) is 6.31. The van der Waals surface area contributed by atoms with Crippen molar-refractivity contribution in [3.63, 3.8) is 0 Å². The lowest BCUT2D eigenvalue weighted by Gasteiger charge is -2.13. The molecule has 0 fully saturated rings. The maximum atomic E-state index is 12.4. The Hall–Kier alpha value is -2.49. The van der Waals surface area contributed by atoms with Gasteiger partial charge in [-0.1, -0.05) is 18.2 Å². The molecule has 1 amide bonds. The van der Waals surface area contributed by atoms with Crippen molar-refractivity contribution in [2.45, 2.75) is 20.8 Å². The number of amides is 1. The second-order valence-corrected chi connectivity index (χ2v) is 4.92. The fourth-order valence-electron chi connectivity index (χ4n) is 2.08. The van der Waals surface area contributed by atoms with Crippen molar-refractivity contribution in [1.29, 1.82) is 0 Å². The number of benzene rings is 2. The molecule has 2 aromatic carbocycles. The van der Waals surface area contributed by atoms with Gasteiger partial charge in [0.25, 0.3) is 5.91 Å². The standard InChI is InChI=1S/C17H20N2O2/c1-4-21-15-10-11(2)8-9-14(15)19-17(20)13-7-5-6-12(3)16(13)18/h5-10H,4,18H2,1-3H3,(H,19,20). The van der Waals surface area contributed by atoms with Gasteiger partial charge in [-0.3, -0.25) is 4.79 Å². The van der Waals surface area contributed by atoms with E-state index < -0.39 is 0 Å². The fraction of sp³-hybridized carbons (Fsp3) is 0.235. The third kappa shape index (κ3) is 3.34. The molecular formula is C17H20N2O2. The third-order valence-corrected chi connectivity index (χ3v) is 3.25. The van der Waals surface area contributed by atoms with Crippen LogP contribution in [0.1, 0.15) is 28.4 Å². The van der Waals surface area contributed by atoms with Gasteiger partial charge >= 0.3 is 0 Å². The summed E-state index contributed by atoms with van der Waals surface area (Å²) in [5, 5.41) is 2.86. The highest BCUT2D eigenvalue weighted by molar-refractivity contribution is 6.08. The predicted octanol–water partition coefficient (Wildman–Crippen LogP) is 3.54. The van der Waals surface area contributed by atoms with Crippen LogP contribution in [0, 0.1) is 13.8 Å². The largest absolute Gasteiger partial charge is 0.492 e. The fourth-order valence-corrected chi connectivity index (χ4v) is 2.08. The van der Waals surface area contributed by atoms with Crippen molar-refractivity contribution in [3.8, 4) is 5.75 Å². The molecule has 0 radical (unpaired) electrons. The first-order valence-electron chi connectivity index (χ1n) is 6.92. The normalized spacial score (nSPS) is 10.2. The first-order chi connectivity index (χ1) is 10.0. The van der Waals surface area contributed by atoms with E-state index in [9.17, 15) is 4.79 Å². The number of para-hydroxylation sites is 1. The molecule has 0 saturated heterocycles. The Morgan fingerprint density at radius 1 is 1.24 bits per heavy atom. The quantitative estimate of drug-likeness (QED) is 0.844. The number of nitrogens with two attached hydrogens (primary N) is 1. The van der Waals surface area contributed by atoms with Crippen LogP contribution in [-0.4, -0.2) is 12.5 Å². The summed E-state index contributed by atoms with van der Waals surface area (Å²) in [7, 11) is 0. The Bertz CT molecular complexity index is 666. The van der Waals surface area contributed by atoms with Crippen LogP contribution < -0.4 is 15.8 Å². The average molecular weight is 284 g/mol. The molecular weight excluding hydrogens is 264 g/mol. The minimum Gasteiger partial charge on any atom is -0.492 e. The molecule has 0 aliphatic heterocycles. The Kier molecular flexibility index (Phi) is 4.48. The van der Waals surface area contributed by atoms with Gasteiger partial charge in [0.05, 0.1) is 17.9 Å². The highest BCUT2D eigenvalue weighted by Crippen LogP contribution is 2.27. The maximum absolute atomic E-state index is 12.4. The Morgan fingerprint density at radius 3 is 2.71 bits per heavy atom. The van der Waals surface area contributed by atoms with Crippen molar-refractivity contribution < 1.29 is 9.53 Å². The van der Waals surface area contributed by atoms with E-state index in [-0.39, 0.29) is 5.91 Å². The second-order valence-electron chi connectivity index (χ2n) is 4.92. The van der Waals surface area contributed by atoms with Gasteiger partial charge in [-0.05, 0) is 50.1 Å². The molecule has 21 heavy (non-hydrogen) atoms. The predicted molar refractivity (Wildman–Crippen MR) is 85.9 cm³/mol. The molecule has 0 aliphatic carbocycles. The van der Waals surface area contributed by atoms with E-state index in [0.29, 0.717) is 29.3 Å². The summed E-state index contributed by atoms with van der Waals surface area (Å²) in [4.78, 5) is 12.4. The number of carbonyl (C=O) groups is 1. The van der Waals surface area contributed by atoms with Crippen LogP contribution in [0.25, 0.3) is 0 Å². The molecule has 0 heterocycles. The molecule has 0 unspecified atom stereocenters. The first-order valence-corrected chi connectivity index (χ1v) is 6.92. The van der Waals surface area contributed by atoms with Crippen LogP contribution in [0.2, 0.25) is 0 Å². The van der Waals surface area contributed by atoms with E-state index in [1.807, 2.05) is 51.1 Å². The summed E-state index contributed by atoms with van der Waals surface area (Å²) in [6.45, 7) is 6.31. The van der Waals surface area contributed by atoms with E-state index in [2.05, 4.69) is 5.32 Å². The molecule has 0 aliphatic rings. The number of hydrogen-bond donors (Lipinski definition) is 2. The number of aryl methyl sites for hydroxylation is 2. The van der Waals surface area contributed by atoms with E-state index in [1.54, 1.807) is 6.07 Å². The number of nitrogens with one attached hydrogen (secondary N) is 1. The van der Waals surface area contributed by atoms with Crippen LogP contribution in [0.4, 0.5) is 11.4 Å². The molecule has 0 spiro atoms. The van der Waals surface area contributed by atoms with Gasteiger partial charge in [0.15, 0.2) is 0 Å². The minimum atomic E-state index is -0.235. The SMILES string of the molecule is CCOc1cc(C)ccc1NC(=O)c1cccc(C)c1N. The molecule has 4 heteroatoms. The van der Waals surface area contributed by atoms with Gasteiger partial charge < -0.3 is 15.8 Å². The number of carbonyl (C=O) groups excluding carboxylic acids is 1. The number of hydrogen-bond acceptors (Lipinski definition) is 3. The van der Waals surface area contributed by atoms with Crippen LogP contribution in [0.15, 0.2) is 36.4 Å². The summed E-state index contributed by atoms with van der Waals surface area (Å²) >= 11 is 0. The molecule has 0 atom stereocenters. The van der Waals surface area contributed by atoms with Gasteiger partial charge in [0, 0.05) is 5.69 Å². The highest BCUT2D eigenvalue weighted by Gasteiger charge is 2.13. The van der Waals surface area contributed by atoms with E-state index >= 15 is 0 Å². The van der Waals surface area contributed by atoms with Crippen molar-refractivity contribution in [3.05, 3.63) is 53.1 Å². The maximum Gasteiger partial charge on any atom is 0.257 e. The van der Waals surface area contributed by atoms with Crippen molar-refractivity contribution in [2.75, 3.05) is 17.7 Å². The summed E-state index contributed by atoms with van der Waals surface area (Å²) in [5.41, 5.74) is 9.54. The molecule has 2 aromatic rings. The van der Waals surface area contributed by atoms with Crippen LogP contribution in [0.3, 0.4) is 0 Å². The molecule has 4 nitrogen and oxygen atoms in total. The van der Waals surface area contributed by atoms with Crippen LogP contribution in [0.5, 0.6) is 5.75 Å². The Morgan fingerprint density at radius 2 is 2.00 bits per heavy atom. The van der Waals surface area contributed by atoms with Crippen molar-refractivity contribution in [1.82, 2.24) is 0 Å². The lowest BCUT2D eigenvalue weighted by Crippen LogP contribution is -2.15. The molecule has 2 rings (SSSR count). The average Bonchev–Trinajstić information content (AvgIpc) is 2.45.